The third kappa shape index (κ3) is 6.35. The van der Waals surface area contributed by atoms with Gasteiger partial charge in [-0.2, -0.15) is 0 Å². The fourth-order valence-electron chi connectivity index (χ4n) is 3.59. The van der Waals surface area contributed by atoms with Gasteiger partial charge in [0.15, 0.2) is 11.0 Å². The maximum Gasteiger partial charge on any atom is 0.251 e. The SMILES string of the molecule is C=CCn1c(SCC(=O)Nc2ccccc2C(C)C)nnc1[C@H](C)NC(=O)c1cccc(C)c1. The van der Waals surface area contributed by atoms with Crippen molar-refractivity contribution in [2.75, 3.05) is 11.1 Å². The lowest BCUT2D eigenvalue weighted by Gasteiger charge is -2.16. The van der Waals surface area contributed by atoms with E-state index in [-0.39, 0.29) is 23.6 Å². The molecule has 178 valence electrons. The number of carbonyl (C=O) groups is 2. The molecule has 2 N–H and O–H groups in total. The third-order valence-electron chi connectivity index (χ3n) is 5.26. The van der Waals surface area contributed by atoms with Crippen LogP contribution in [0, 0.1) is 6.92 Å². The first kappa shape index (κ1) is 25.2. The molecule has 0 unspecified atom stereocenters. The van der Waals surface area contributed by atoms with Crippen LogP contribution in [0.25, 0.3) is 0 Å². The predicted octanol–water partition coefficient (Wildman–Crippen LogP) is 5.12. The molecule has 34 heavy (non-hydrogen) atoms. The zero-order valence-corrected chi connectivity index (χ0v) is 20.9. The molecule has 8 heteroatoms. The molecule has 3 rings (SSSR count). The van der Waals surface area contributed by atoms with Gasteiger partial charge in [-0.3, -0.25) is 9.59 Å². The molecule has 0 spiro atoms. The van der Waals surface area contributed by atoms with Gasteiger partial charge < -0.3 is 15.2 Å². The molecule has 0 aliphatic rings. The molecular formula is C26H31N5O2S. The topological polar surface area (TPSA) is 88.9 Å². The summed E-state index contributed by atoms with van der Waals surface area (Å²) in [5.41, 5.74) is 3.53. The normalized spacial score (nSPS) is 11.8. The van der Waals surface area contributed by atoms with Crippen LogP contribution in [0.5, 0.6) is 0 Å². The Kier molecular flexibility index (Phi) is 8.65. The monoisotopic (exact) mass is 477 g/mol. The summed E-state index contributed by atoms with van der Waals surface area (Å²) in [6.07, 6.45) is 1.74. The molecule has 7 nitrogen and oxygen atoms in total. The van der Waals surface area contributed by atoms with Crippen molar-refractivity contribution >= 4 is 29.3 Å². The number of para-hydroxylation sites is 1. The van der Waals surface area contributed by atoms with E-state index in [1.165, 1.54) is 11.8 Å². The minimum Gasteiger partial charge on any atom is -0.342 e. The average Bonchev–Trinajstić information content (AvgIpc) is 3.21. The fraction of sp³-hybridized carbons (Fsp3) is 0.308. The first-order valence-corrected chi connectivity index (χ1v) is 12.2. The van der Waals surface area contributed by atoms with Gasteiger partial charge in [0.2, 0.25) is 5.91 Å². The molecule has 0 aliphatic carbocycles. The van der Waals surface area contributed by atoms with Crippen molar-refractivity contribution in [3.63, 3.8) is 0 Å². The van der Waals surface area contributed by atoms with E-state index in [0.29, 0.717) is 29.0 Å². The number of nitrogens with one attached hydrogen (secondary N) is 2. The number of amides is 2. The molecule has 0 aliphatic heterocycles. The highest BCUT2D eigenvalue weighted by atomic mass is 32.2. The van der Waals surface area contributed by atoms with Crippen LogP contribution in [0.4, 0.5) is 5.69 Å². The minimum atomic E-state index is -0.374. The first-order valence-electron chi connectivity index (χ1n) is 11.2. The third-order valence-corrected chi connectivity index (χ3v) is 6.23. The van der Waals surface area contributed by atoms with Crippen molar-refractivity contribution in [1.82, 2.24) is 20.1 Å². The van der Waals surface area contributed by atoms with Crippen LogP contribution in [-0.4, -0.2) is 32.3 Å². The van der Waals surface area contributed by atoms with Gasteiger partial charge in [-0.05, 0) is 43.5 Å². The van der Waals surface area contributed by atoms with Gasteiger partial charge in [0, 0.05) is 17.8 Å². The average molecular weight is 478 g/mol. The van der Waals surface area contributed by atoms with Crippen molar-refractivity contribution in [2.24, 2.45) is 0 Å². The number of nitrogens with zero attached hydrogens (tertiary/aromatic N) is 3. The van der Waals surface area contributed by atoms with Gasteiger partial charge in [-0.15, -0.1) is 16.8 Å². The van der Waals surface area contributed by atoms with E-state index in [0.717, 1.165) is 16.8 Å². The maximum absolute atomic E-state index is 12.7. The molecular weight excluding hydrogens is 446 g/mol. The second-order valence-electron chi connectivity index (χ2n) is 8.38. The molecule has 0 fully saturated rings. The summed E-state index contributed by atoms with van der Waals surface area (Å²) >= 11 is 1.30. The predicted molar refractivity (Wildman–Crippen MR) is 137 cm³/mol. The van der Waals surface area contributed by atoms with Crippen LogP contribution in [-0.2, 0) is 11.3 Å². The van der Waals surface area contributed by atoms with Gasteiger partial charge in [0.05, 0.1) is 11.8 Å². The number of benzene rings is 2. The molecule has 2 amide bonds. The Bertz CT molecular complexity index is 1170. The summed E-state index contributed by atoms with van der Waals surface area (Å²) in [6, 6.07) is 14.9. The molecule has 3 aromatic rings. The summed E-state index contributed by atoms with van der Waals surface area (Å²) < 4.78 is 1.87. The van der Waals surface area contributed by atoms with Crippen molar-refractivity contribution in [3.8, 4) is 0 Å². The number of aryl methyl sites for hydroxylation is 1. The Hall–Kier alpha value is -3.39. The van der Waals surface area contributed by atoms with Crippen LogP contribution in [0.3, 0.4) is 0 Å². The van der Waals surface area contributed by atoms with Gasteiger partial charge in [-0.1, -0.05) is 67.6 Å². The van der Waals surface area contributed by atoms with Crippen molar-refractivity contribution < 1.29 is 9.59 Å². The van der Waals surface area contributed by atoms with E-state index in [1.54, 1.807) is 12.1 Å². The van der Waals surface area contributed by atoms with E-state index in [2.05, 4.69) is 41.3 Å². The molecule has 1 aromatic heterocycles. The highest BCUT2D eigenvalue weighted by molar-refractivity contribution is 7.99. The van der Waals surface area contributed by atoms with E-state index >= 15 is 0 Å². The largest absolute Gasteiger partial charge is 0.342 e. The molecule has 1 heterocycles. The maximum atomic E-state index is 12.7. The van der Waals surface area contributed by atoms with E-state index in [1.807, 2.05) is 60.9 Å². The van der Waals surface area contributed by atoms with Crippen LogP contribution in [0.15, 0.2) is 66.3 Å². The quantitative estimate of drug-likeness (QED) is 0.313. The second-order valence-corrected chi connectivity index (χ2v) is 9.33. The zero-order chi connectivity index (χ0) is 24.7. The molecule has 0 bridgehead atoms. The number of anilines is 1. The minimum absolute atomic E-state index is 0.117. The van der Waals surface area contributed by atoms with Crippen LogP contribution in [0.1, 0.15) is 60.0 Å². The number of hydrogen-bond donors (Lipinski definition) is 2. The van der Waals surface area contributed by atoms with E-state index in [4.69, 9.17) is 0 Å². The zero-order valence-electron chi connectivity index (χ0n) is 20.0. The summed E-state index contributed by atoms with van der Waals surface area (Å²) in [5.74, 6) is 0.800. The lowest BCUT2D eigenvalue weighted by molar-refractivity contribution is -0.113. The lowest BCUT2D eigenvalue weighted by atomic mass is 10.0. The van der Waals surface area contributed by atoms with Crippen LogP contribution < -0.4 is 10.6 Å². The standard InChI is InChI=1S/C26H31N5O2S/c1-6-14-31-24(19(5)27-25(33)20-11-9-10-18(4)15-20)29-30-26(31)34-16-23(32)28-22-13-8-7-12-21(22)17(2)3/h6-13,15,17,19H,1,14,16H2,2-5H3,(H,27,33)(H,28,32)/t19-/m0/s1. The van der Waals surface area contributed by atoms with Crippen LogP contribution >= 0.6 is 11.8 Å². The van der Waals surface area contributed by atoms with Gasteiger partial charge in [0.1, 0.15) is 0 Å². The number of rotatable bonds is 10. The number of hydrogen-bond acceptors (Lipinski definition) is 5. The number of aromatic nitrogens is 3. The molecule has 0 radical (unpaired) electrons. The number of carbonyl (C=O) groups excluding carboxylic acids is 2. The van der Waals surface area contributed by atoms with Crippen molar-refractivity contribution in [3.05, 3.63) is 83.7 Å². The molecule has 2 aromatic carbocycles. The molecule has 0 saturated carbocycles. The molecule has 0 saturated heterocycles. The Morgan fingerprint density at radius 1 is 1.12 bits per heavy atom. The number of thioether (sulfide) groups is 1. The smallest absolute Gasteiger partial charge is 0.251 e. The fourth-order valence-corrected chi connectivity index (χ4v) is 4.34. The Morgan fingerprint density at radius 2 is 1.88 bits per heavy atom. The summed E-state index contributed by atoms with van der Waals surface area (Å²) in [5, 5.41) is 15.1. The Morgan fingerprint density at radius 3 is 2.59 bits per heavy atom. The van der Waals surface area contributed by atoms with Gasteiger partial charge >= 0.3 is 0 Å². The van der Waals surface area contributed by atoms with Crippen molar-refractivity contribution in [2.45, 2.75) is 51.4 Å². The van der Waals surface area contributed by atoms with Crippen LogP contribution in [0.2, 0.25) is 0 Å². The second kappa shape index (κ2) is 11.7. The number of allylic oxidation sites excluding steroid dienone is 1. The Balaban J connectivity index is 1.68. The Labute approximate surface area is 205 Å². The lowest BCUT2D eigenvalue weighted by Crippen LogP contribution is -2.29. The highest BCUT2D eigenvalue weighted by Crippen LogP contribution is 2.25. The van der Waals surface area contributed by atoms with E-state index in [9.17, 15) is 9.59 Å². The summed E-state index contributed by atoms with van der Waals surface area (Å²) in [6.45, 7) is 12.3. The summed E-state index contributed by atoms with van der Waals surface area (Å²) in [4.78, 5) is 25.3. The first-order chi connectivity index (χ1) is 16.3. The van der Waals surface area contributed by atoms with Crippen molar-refractivity contribution in [1.29, 1.82) is 0 Å². The molecule has 1 atom stereocenters. The van der Waals surface area contributed by atoms with Gasteiger partial charge in [-0.25, -0.2) is 0 Å². The van der Waals surface area contributed by atoms with E-state index < -0.39 is 0 Å². The highest BCUT2D eigenvalue weighted by Gasteiger charge is 2.21. The summed E-state index contributed by atoms with van der Waals surface area (Å²) in [7, 11) is 0. The van der Waals surface area contributed by atoms with Gasteiger partial charge in [0.25, 0.3) is 5.91 Å².